The van der Waals surface area contributed by atoms with Crippen molar-refractivity contribution in [1.29, 1.82) is 0 Å². The molecule has 0 heterocycles. The van der Waals surface area contributed by atoms with Crippen LogP contribution in [0.1, 0.15) is 26.2 Å². The van der Waals surface area contributed by atoms with E-state index >= 15 is 0 Å². The molecule has 0 N–H and O–H groups in total. The highest BCUT2D eigenvalue weighted by Crippen LogP contribution is 1.93. The average Bonchev–Trinajstić information content (AvgIpc) is 2.10. The number of hydrogen-bond donors (Lipinski definition) is 0. The van der Waals surface area contributed by atoms with Gasteiger partial charge in [0.05, 0.1) is 6.61 Å². The van der Waals surface area contributed by atoms with Crippen LogP contribution in [0.2, 0.25) is 0 Å². The molecule has 1 radical (unpaired) electrons. The van der Waals surface area contributed by atoms with Crippen LogP contribution in [0.5, 0.6) is 0 Å². The van der Waals surface area contributed by atoms with E-state index in [-0.39, 0.29) is 0 Å². The summed E-state index contributed by atoms with van der Waals surface area (Å²) in [5.41, 5.74) is 0. The maximum atomic E-state index is 5.32. The summed E-state index contributed by atoms with van der Waals surface area (Å²) < 4.78 is 5.32. The highest BCUT2D eigenvalue weighted by molar-refractivity contribution is 4.82. The summed E-state index contributed by atoms with van der Waals surface area (Å²) in [6.07, 6.45) is 11.4. The Hall–Kier alpha value is -0.560. The van der Waals surface area contributed by atoms with Gasteiger partial charge in [-0.1, -0.05) is 24.3 Å². The van der Waals surface area contributed by atoms with Gasteiger partial charge in [-0.15, -0.1) is 0 Å². The minimum absolute atomic E-state index is 0.746. The van der Waals surface area contributed by atoms with Crippen LogP contribution >= 0.6 is 0 Å². The quantitative estimate of drug-likeness (QED) is 0.418. The molecule has 0 aliphatic rings. The summed E-state index contributed by atoms with van der Waals surface area (Å²) in [4.78, 5) is 0. The molecule has 0 aromatic carbocycles. The van der Waals surface area contributed by atoms with Gasteiger partial charge in [0.1, 0.15) is 0 Å². The van der Waals surface area contributed by atoms with Gasteiger partial charge in [0.2, 0.25) is 0 Å². The first-order valence-electron chi connectivity index (χ1n) is 4.55. The van der Waals surface area contributed by atoms with E-state index in [2.05, 4.69) is 19.1 Å². The number of allylic oxidation sites excluding steroid dienone is 3. The van der Waals surface area contributed by atoms with E-state index in [1.165, 1.54) is 0 Å². The standard InChI is InChI=1S/C11H19O/c1-3-5-7-8-9-11-12-10-6-4-2/h4-7H,1,3,8-11H2,2H3/b6-4+,7-5+. The molecule has 1 heteroatoms. The normalized spacial score (nSPS) is 11.8. The Morgan fingerprint density at radius 3 is 2.75 bits per heavy atom. The molecule has 0 rings (SSSR count). The van der Waals surface area contributed by atoms with Gasteiger partial charge in [-0.05, 0) is 33.1 Å². The molecule has 0 aliphatic carbocycles. The fourth-order valence-electron chi connectivity index (χ4n) is 0.787. The van der Waals surface area contributed by atoms with Gasteiger partial charge in [0, 0.05) is 6.61 Å². The van der Waals surface area contributed by atoms with Gasteiger partial charge in [-0.3, -0.25) is 0 Å². The Balaban J connectivity index is 2.95. The zero-order valence-electron chi connectivity index (χ0n) is 7.96. The molecule has 0 aromatic heterocycles. The lowest BCUT2D eigenvalue weighted by Crippen LogP contribution is -1.92. The van der Waals surface area contributed by atoms with Crippen LogP contribution in [0.4, 0.5) is 0 Å². The number of hydrogen-bond acceptors (Lipinski definition) is 1. The van der Waals surface area contributed by atoms with Crippen molar-refractivity contribution in [2.75, 3.05) is 13.2 Å². The summed E-state index contributed by atoms with van der Waals surface area (Å²) in [7, 11) is 0. The Kier molecular flexibility index (Phi) is 9.95. The van der Waals surface area contributed by atoms with Gasteiger partial charge < -0.3 is 4.74 Å². The summed E-state index contributed by atoms with van der Waals surface area (Å²) >= 11 is 0. The van der Waals surface area contributed by atoms with E-state index in [9.17, 15) is 0 Å². The highest BCUT2D eigenvalue weighted by atomic mass is 16.5. The van der Waals surface area contributed by atoms with Crippen LogP contribution in [0.15, 0.2) is 24.3 Å². The van der Waals surface area contributed by atoms with E-state index in [0.717, 1.165) is 32.5 Å². The van der Waals surface area contributed by atoms with Crippen molar-refractivity contribution in [1.82, 2.24) is 0 Å². The summed E-state index contributed by atoms with van der Waals surface area (Å²) in [6, 6.07) is 0. The zero-order chi connectivity index (χ0) is 9.07. The van der Waals surface area contributed by atoms with Crippen molar-refractivity contribution in [2.45, 2.75) is 26.2 Å². The Labute approximate surface area is 76.1 Å². The van der Waals surface area contributed by atoms with Crippen LogP contribution in [0.25, 0.3) is 0 Å². The molecular formula is C11H19O. The molecule has 0 unspecified atom stereocenters. The zero-order valence-corrected chi connectivity index (χ0v) is 7.96. The van der Waals surface area contributed by atoms with Crippen LogP contribution < -0.4 is 0 Å². The Bertz CT molecular complexity index is 125. The van der Waals surface area contributed by atoms with Crippen molar-refractivity contribution in [3.8, 4) is 0 Å². The average molecular weight is 167 g/mol. The highest BCUT2D eigenvalue weighted by Gasteiger charge is 1.83. The van der Waals surface area contributed by atoms with Crippen LogP contribution in [0, 0.1) is 6.92 Å². The lowest BCUT2D eigenvalue weighted by atomic mass is 10.3. The fraction of sp³-hybridized carbons (Fsp3) is 0.545. The third kappa shape index (κ3) is 9.44. The molecule has 1 nitrogen and oxygen atoms in total. The van der Waals surface area contributed by atoms with Crippen LogP contribution in [-0.4, -0.2) is 13.2 Å². The smallest absolute Gasteiger partial charge is 0.0647 e. The molecular weight excluding hydrogens is 148 g/mol. The lowest BCUT2D eigenvalue weighted by molar-refractivity contribution is 0.160. The van der Waals surface area contributed by atoms with Gasteiger partial charge in [0.25, 0.3) is 0 Å². The van der Waals surface area contributed by atoms with E-state index in [4.69, 9.17) is 4.74 Å². The largest absolute Gasteiger partial charge is 0.377 e. The monoisotopic (exact) mass is 167 g/mol. The molecule has 0 saturated carbocycles. The predicted molar refractivity (Wildman–Crippen MR) is 54.0 cm³/mol. The van der Waals surface area contributed by atoms with E-state index in [0.29, 0.717) is 0 Å². The van der Waals surface area contributed by atoms with E-state index in [1.807, 2.05) is 19.1 Å². The van der Waals surface area contributed by atoms with Gasteiger partial charge >= 0.3 is 0 Å². The second kappa shape index (κ2) is 10.4. The van der Waals surface area contributed by atoms with Crippen molar-refractivity contribution in [3.05, 3.63) is 31.2 Å². The summed E-state index contributed by atoms with van der Waals surface area (Å²) in [5, 5.41) is 0. The van der Waals surface area contributed by atoms with Crippen molar-refractivity contribution in [2.24, 2.45) is 0 Å². The summed E-state index contributed by atoms with van der Waals surface area (Å²) in [6.45, 7) is 7.32. The first-order chi connectivity index (χ1) is 5.91. The van der Waals surface area contributed by atoms with Crippen molar-refractivity contribution < 1.29 is 4.74 Å². The van der Waals surface area contributed by atoms with Crippen molar-refractivity contribution >= 4 is 0 Å². The van der Waals surface area contributed by atoms with Gasteiger partial charge in [-0.25, -0.2) is 0 Å². The van der Waals surface area contributed by atoms with Gasteiger partial charge in [0.15, 0.2) is 0 Å². The number of unbranched alkanes of at least 4 members (excludes halogenated alkanes) is 1. The molecule has 69 valence electrons. The molecule has 0 fully saturated rings. The number of ether oxygens (including phenoxy) is 1. The minimum Gasteiger partial charge on any atom is -0.377 e. The molecule has 0 atom stereocenters. The third-order valence-corrected chi connectivity index (χ3v) is 1.44. The van der Waals surface area contributed by atoms with Crippen molar-refractivity contribution in [3.63, 3.8) is 0 Å². The first-order valence-corrected chi connectivity index (χ1v) is 4.55. The second-order valence-corrected chi connectivity index (χ2v) is 2.55. The Morgan fingerprint density at radius 1 is 1.25 bits per heavy atom. The maximum absolute atomic E-state index is 5.32. The fourth-order valence-corrected chi connectivity index (χ4v) is 0.787. The molecule has 0 aromatic rings. The molecule has 0 spiro atoms. The molecule has 0 amide bonds. The minimum atomic E-state index is 0.746. The first kappa shape index (κ1) is 11.4. The SMILES string of the molecule is [CH2]C/C=C/CCCOC/C=C/C. The maximum Gasteiger partial charge on any atom is 0.0647 e. The molecule has 0 saturated heterocycles. The number of rotatable bonds is 7. The summed E-state index contributed by atoms with van der Waals surface area (Å²) in [5.74, 6) is 0. The predicted octanol–water partition coefficient (Wildman–Crippen LogP) is 3.14. The molecule has 0 bridgehead atoms. The topological polar surface area (TPSA) is 9.23 Å². The van der Waals surface area contributed by atoms with Gasteiger partial charge in [-0.2, -0.15) is 0 Å². The van der Waals surface area contributed by atoms with E-state index in [1.54, 1.807) is 0 Å². The van der Waals surface area contributed by atoms with E-state index < -0.39 is 0 Å². The second-order valence-electron chi connectivity index (χ2n) is 2.55. The molecule has 12 heavy (non-hydrogen) atoms. The lowest BCUT2D eigenvalue weighted by Gasteiger charge is -1.97. The van der Waals surface area contributed by atoms with Crippen LogP contribution in [0.3, 0.4) is 0 Å². The Morgan fingerprint density at radius 2 is 2.08 bits per heavy atom. The third-order valence-electron chi connectivity index (χ3n) is 1.44. The van der Waals surface area contributed by atoms with Crippen LogP contribution in [-0.2, 0) is 4.74 Å². The molecule has 0 aliphatic heterocycles.